The Hall–Kier alpha value is -2.16. The number of halogens is 1. The first-order chi connectivity index (χ1) is 9.06. The van der Waals surface area contributed by atoms with E-state index in [0.29, 0.717) is 5.56 Å². The average Bonchev–Trinajstić information content (AvgIpc) is 2.38. The van der Waals surface area contributed by atoms with Crippen molar-refractivity contribution >= 4 is 11.5 Å². The van der Waals surface area contributed by atoms with Crippen molar-refractivity contribution in [3.05, 3.63) is 65.5 Å². The summed E-state index contributed by atoms with van der Waals surface area (Å²) >= 11 is 0. The molecule has 0 aliphatic rings. The van der Waals surface area contributed by atoms with Crippen molar-refractivity contribution < 1.29 is 9.18 Å². The van der Waals surface area contributed by atoms with E-state index in [2.05, 4.69) is 0 Å². The monoisotopic (exact) mass is 257 g/mol. The molecule has 0 aliphatic heterocycles. The normalized spacial score (nSPS) is 10.3. The fourth-order valence-electron chi connectivity index (χ4n) is 1.93. The van der Waals surface area contributed by atoms with Gasteiger partial charge in [-0.15, -0.1) is 0 Å². The molecule has 0 bridgehead atoms. The number of hydrogen-bond donors (Lipinski definition) is 0. The SMILES string of the molecule is Cc1cccc(N(C)CC(=O)c2cccc(F)c2)c1. The maximum absolute atomic E-state index is 13.1. The highest BCUT2D eigenvalue weighted by Crippen LogP contribution is 2.15. The number of benzene rings is 2. The molecule has 0 aliphatic carbocycles. The van der Waals surface area contributed by atoms with Crippen LogP contribution in [0.4, 0.5) is 10.1 Å². The molecule has 19 heavy (non-hydrogen) atoms. The van der Waals surface area contributed by atoms with Crippen LogP contribution in [0.1, 0.15) is 15.9 Å². The van der Waals surface area contributed by atoms with Gasteiger partial charge in [-0.3, -0.25) is 4.79 Å². The second kappa shape index (κ2) is 5.65. The van der Waals surface area contributed by atoms with Gasteiger partial charge in [0.25, 0.3) is 0 Å². The first-order valence-electron chi connectivity index (χ1n) is 6.13. The highest BCUT2D eigenvalue weighted by Gasteiger charge is 2.10. The zero-order valence-electron chi connectivity index (χ0n) is 11.1. The third-order valence-electron chi connectivity index (χ3n) is 2.97. The third kappa shape index (κ3) is 3.41. The Bertz CT molecular complexity index is 595. The van der Waals surface area contributed by atoms with Crippen LogP contribution in [-0.2, 0) is 0 Å². The maximum atomic E-state index is 13.1. The Morgan fingerprint density at radius 1 is 1.16 bits per heavy atom. The Morgan fingerprint density at radius 3 is 2.58 bits per heavy atom. The van der Waals surface area contributed by atoms with E-state index in [1.165, 1.54) is 12.1 Å². The van der Waals surface area contributed by atoms with Crippen molar-refractivity contribution in [3.8, 4) is 0 Å². The lowest BCUT2D eigenvalue weighted by Crippen LogP contribution is -2.25. The van der Waals surface area contributed by atoms with Crippen molar-refractivity contribution in [1.82, 2.24) is 0 Å². The summed E-state index contributed by atoms with van der Waals surface area (Å²) in [6.07, 6.45) is 0. The molecule has 0 saturated carbocycles. The summed E-state index contributed by atoms with van der Waals surface area (Å²) in [7, 11) is 1.85. The van der Waals surface area contributed by atoms with E-state index < -0.39 is 0 Å². The lowest BCUT2D eigenvalue weighted by Gasteiger charge is -2.18. The quantitative estimate of drug-likeness (QED) is 0.782. The van der Waals surface area contributed by atoms with Gasteiger partial charge in [-0.1, -0.05) is 24.3 Å². The zero-order chi connectivity index (χ0) is 13.8. The van der Waals surface area contributed by atoms with Crippen molar-refractivity contribution in [2.45, 2.75) is 6.92 Å². The minimum absolute atomic E-state index is 0.0940. The van der Waals surface area contributed by atoms with Crippen molar-refractivity contribution in [2.24, 2.45) is 0 Å². The number of rotatable bonds is 4. The van der Waals surface area contributed by atoms with E-state index in [9.17, 15) is 9.18 Å². The summed E-state index contributed by atoms with van der Waals surface area (Å²) in [5, 5.41) is 0. The van der Waals surface area contributed by atoms with Gasteiger partial charge in [0, 0.05) is 18.3 Å². The van der Waals surface area contributed by atoms with Crippen LogP contribution in [0.25, 0.3) is 0 Å². The van der Waals surface area contributed by atoms with Crippen LogP contribution in [0, 0.1) is 12.7 Å². The van der Waals surface area contributed by atoms with Crippen LogP contribution in [0.3, 0.4) is 0 Å². The minimum Gasteiger partial charge on any atom is -0.367 e. The number of carbonyl (C=O) groups excluding carboxylic acids is 1. The number of hydrogen-bond acceptors (Lipinski definition) is 2. The number of nitrogens with zero attached hydrogens (tertiary/aromatic N) is 1. The number of ketones is 1. The van der Waals surface area contributed by atoms with Gasteiger partial charge in [-0.05, 0) is 36.8 Å². The lowest BCUT2D eigenvalue weighted by molar-refractivity contribution is 0.1000. The van der Waals surface area contributed by atoms with Crippen molar-refractivity contribution in [1.29, 1.82) is 0 Å². The zero-order valence-corrected chi connectivity index (χ0v) is 11.1. The van der Waals surface area contributed by atoms with E-state index in [0.717, 1.165) is 11.3 Å². The van der Waals surface area contributed by atoms with E-state index in [4.69, 9.17) is 0 Å². The summed E-state index contributed by atoms with van der Waals surface area (Å²) < 4.78 is 13.1. The molecule has 0 heterocycles. The molecule has 0 N–H and O–H groups in total. The van der Waals surface area contributed by atoms with Gasteiger partial charge < -0.3 is 4.90 Å². The van der Waals surface area contributed by atoms with Crippen LogP contribution in [0.5, 0.6) is 0 Å². The molecule has 98 valence electrons. The standard InChI is InChI=1S/C16H16FNO/c1-12-5-3-8-15(9-12)18(2)11-16(19)13-6-4-7-14(17)10-13/h3-10H,11H2,1-2H3. The van der Waals surface area contributed by atoms with E-state index in [-0.39, 0.29) is 18.1 Å². The molecule has 0 radical (unpaired) electrons. The van der Waals surface area contributed by atoms with Crippen LogP contribution >= 0.6 is 0 Å². The molecule has 0 atom stereocenters. The molecule has 0 aromatic heterocycles. The van der Waals surface area contributed by atoms with Crippen LogP contribution in [-0.4, -0.2) is 19.4 Å². The summed E-state index contributed by atoms with van der Waals surface area (Å²) in [5.74, 6) is -0.479. The molecule has 3 heteroatoms. The molecule has 2 aromatic carbocycles. The predicted octanol–water partition coefficient (Wildman–Crippen LogP) is 3.45. The summed E-state index contributed by atoms with van der Waals surface area (Å²) in [6.45, 7) is 2.23. The predicted molar refractivity (Wildman–Crippen MR) is 75.2 cm³/mol. The van der Waals surface area contributed by atoms with E-state index in [1.807, 2.05) is 43.1 Å². The fourth-order valence-corrected chi connectivity index (χ4v) is 1.93. The highest BCUT2D eigenvalue weighted by atomic mass is 19.1. The number of likely N-dealkylation sites (N-methyl/N-ethyl adjacent to an activating group) is 1. The van der Waals surface area contributed by atoms with Gasteiger partial charge in [-0.25, -0.2) is 4.39 Å². The molecule has 2 nitrogen and oxygen atoms in total. The van der Waals surface area contributed by atoms with Crippen LogP contribution < -0.4 is 4.90 Å². The van der Waals surface area contributed by atoms with Crippen molar-refractivity contribution in [3.63, 3.8) is 0 Å². The number of anilines is 1. The molecule has 2 rings (SSSR count). The molecule has 0 amide bonds. The van der Waals surface area contributed by atoms with E-state index >= 15 is 0 Å². The fraction of sp³-hybridized carbons (Fsp3) is 0.188. The van der Waals surface area contributed by atoms with Gasteiger partial charge in [0.05, 0.1) is 6.54 Å². The number of aryl methyl sites for hydroxylation is 1. The van der Waals surface area contributed by atoms with Crippen LogP contribution in [0.15, 0.2) is 48.5 Å². The smallest absolute Gasteiger partial charge is 0.182 e. The number of Topliss-reactive ketones (excluding diaryl/α,β-unsaturated/α-hetero) is 1. The van der Waals surface area contributed by atoms with Crippen LogP contribution in [0.2, 0.25) is 0 Å². The van der Waals surface area contributed by atoms with Gasteiger partial charge in [0.2, 0.25) is 0 Å². The Balaban J connectivity index is 2.11. The maximum Gasteiger partial charge on any atom is 0.182 e. The molecular formula is C16H16FNO. The lowest BCUT2D eigenvalue weighted by atomic mass is 10.1. The Labute approximate surface area is 112 Å². The molecular weight excluding hydrogens is 241 g/mol. The first kappa shape index (κ1) is 13.3. The van der Waals surface area contributed by atoms with Gasteiger partial charge in [-0.2, -0.15) is 0 Å². The van der Waals surface area contributed by atoms with Gasteiger partial charge >= 0.3 is 0 Å². The summed E-state index contributed by atoms with van der Waals surface area (Å²) in [5.41, 5.74) is 2.52. The third-order valence-corrected chi connectivity index (χ3v) is 2.97. The van der Waals surface area contributed by atoms with E-state index in [1.54, 1.807) is 12.1 Å². The van der Waals surface area contributed by atoms with Gasteiger partial charge in [0.15, 0.2) is 5.78 Å². The topological polar surface area (TPSA) is 20.3 Å². The minimum atomic E-state index is -0.385. The Morgan fingerprint density at radius 2 is 1.89 bits per heavy atom. The largest absolute Gasteiger partial charge is 0.367 e. The highest BCUT2D eigenvalue weighted by molar-refractivity contribution is 5.99. The summed E-state index contributed by atoms with van der Waals surface area (Å²) in [4.78, 5) is 13.9. The first-order valence-corrected chi connectivity index (χ1v) is 6.13. The molecule has 0 saturated heterocycles. The Kier molecular flexibility index (Phi) is 3.95. The second-order valence-electron chi connectivity index (χ2n) is 4.63. The second-order valence-corrected chi connectivity index (χ2v) is 4.63. The molecule has 0 fully saturated rings. The molecule has 0 unspecified atom stereocenters. The van der Waals surface area contributed by atoms with Crippen molar-refractivity contribution in [2.75, 3.05) is 18.5 Å². The average molecular weight is 257 g/mol. The number of carbonyl (C=O) groups is 1. The summed E-state index contributed by atoms with van der Waals surface area (Å²) in [6, 6.07) is 13.7. The molecule has 2 aromatic rings. The molecule has 0 spiro atoms. The van der Waals surface area contributed by atoms with Gasteiger partial charge in [0.1, 0.15) is 5.82 Å².